The van der Waals surface area contributed by atoms with Crippen molar-refractivity contribution < 1.29 is 13.8 Å². The minimum Gasteiger partial charge on any atom is -0.427 e. The fraction of sp³-hybridized carbons (Fsp3) is 0.111. The molecule has 2 aliphatic heterocycles. The molecule has 0 atom stereocenters. The summed E-state index contributed by atoms with van der Waals surface area (Å²) in [5.41, 5.74) is 7.05. The van der Waals surface area contributed by atoms with E-state index in [1.807, 2.05) is 12.1 Å². The van der Waals surface area contributed by atoms with Crippen molar-refractivity contribution >= 4 is 30.1 Å². The third-order valence-corrected chi connectivity index (χ3v) is 9.58. The van der Waals surface area contributed by atoms with Gasteiger partial charge < -0.3 is 13.8 Å². The lowest BCUT2D eigenvalue weighted by Crippen LogP contribution is -2.34. The van der Waals surface area contributed by atoms with Gasteiger partial charge in [0.2, 0.25) is 0 Å². The lowest BCUT2D eigenvalue weighted by Gasteiger charge is -2.31. The van der Waals surface area contributed by atoms with Crippen LogP contribution < -0.4 is 9.05 Å². The first-order valence-corrected chi connectivity index (χ1v) is 15.2. The zero-order valence-electron chi connectivity index (χ0n) is 22.5. The van der Waals surface area contributed by atoms with Crippen LogP contribution in [0.1, 0.15) is 0 Å². The van der Waals surface area contributed by atoms with Crippen LogP contribution in [0.5, 0.6) is 11.5 Å². The van der Waals surface area contributed by atoms with Gasteiger partial charge in [0.15, 0.2) is 0 Å². The summed E-state index contributed by atoms with van der Waals surface area (Å²) in [6.07, 6.45) is 0. The molecule has 200 valence electrons. The van der Waals surface area contributed by atoms with Gasteiger partial charge in [-0.3, -0.25) is 0 Å². The Hall–Kier alpha value is -4.21. The van der Waals surface area contributed by atoms with Crippen molar-refractivity contribution in [2.45, 2.75) is 0 Å². The summed E-state index contributed by atoms with van der Waals surface area (Å²) in [6, 6.07) is 43.3. The molecule has 41 heavy (non-hydrogen) atoms. The van der Waals surface area contributed by atoms with Crippen molar-refractivity contribution in [3.05, 3.63) is 121 Å². The maximum Gasteiger partial charge on any atom is 0.384 e. The van der Waals surface area contributed by atoms with Gasteiger partial charge in [-0.15, -0.1) is 0 Å². The van der Waals surface area contributed by atoms with Crippen LogP contribution in [0.2, 0.25) is 0 Å². The van der Waals surface area contributed by atoms with E-state index >= 15 is 0 Å². The van der Waals surface area contributed by atoms with Crippen LogP contribution in [0, 0.1) is 0 Å². The summed E-state index contributed by atoms with van der Waals surface area (Å²) in [6.45, 7) is 2.89. The molecule has 0 radical (unpaired) electrons. The Balaban J connectivity index is 1.47. The third kappa shape index (κ3) is 4.45. The van der Waals surface area contributed by atoms with Crippen molar-refractivity contribution in [3.8, 4) is 44.9 Å². The Labute approximate surface area is 240 Å². The molecule has 1 saturated heterocycles. The summed E-state index contributed by atoms with van der Waals surface area (Å²) < 4.78 is 21.2. The quantitative estimate of drug-likeness (QED) is 0.190. The minimum atomic E-state index is -1.38. The zero-order chi connectivity index (χ0) is 27.2. The first kappa shape index (κ1) is 24.6. The molecule has 0 N–H and O–H groups in total. The monoisotopic (exact) mass is 553 g/mol. The topological polar surface area (TPSA) is 30.9 Å². The van der Waals surface area contributed by atoms with E-state index in [9.17, 15) is 0 Å². The van der Waals surface area contributed by atoms with Crippen LogP contribution in [-0.2, 0) is 4.74 Å². The van der Waals surface area contributed by atoms with Crippen LogP contribution >= 0.6 is 8.53 Å². The maximum absolute atomic E-state index is 6.67. The molecule has 2 aliphatic rings. The number of morpholine rings is 1. The van der Waals surface area contributed by atoms with Crippen molar-refractivity contribution in [1.29, 1.82) is 0 Å². The highest BCUT2D eigenvalue weighted by Gasteiger charge is 2.28. The second-order valence-corrected chi connectivity index (χ2v) is 11.9. The van der Waals surface area contributed by atoms with Crippen molar-refractivity contribution in [2.75, 3.05) is 26.3 Å². The van der Waals surface area contributed by atoms with Gasteiger partial charge in [-0.2, -0.15) is 0 Å². The third-order valence-electron chi connectivity index (χ3n) is 7.98. The molecule has 4 bridgehead atoms. The van der Waals surface area contributed by atoms with Gasteiger partial charge in [-0.1, -0.05) is 97.1 Å². The van der Waals surface area contributed by atoms with E-state index < -0.39 is 8.53 Å². The largest absolute Gasteiger partial charge is 0.427 e. The Kier molecular flexibility index (Phi) is 6.19. The molecule has 0 amide bonds. The normalized spacial score (nSPS) is 15.5. The van der Waals surface area contributed by atoms with Crippen molar-refractivity contribution in [3.63, 3.8) is 0 Å². The minimum absolute atomic E-state index is 0.673. The predicted octanol–water partition coefficient (Wildman–Crippen LogP) is 9.32. The molecule has 8 rings (SSSR count). The molecular weight excluding hydrogens is 525 g/mol. The van der Waals surface area contributed by atoms with Gasteiger partial charge >= 0.3 is 8.53 Å². The fourth-order valence-corrected chi connectivity index (χ4v) is 7.38. The molecule has 0 saturated carbocycles. The van der Waals surface area contributed by atoms with Crippen molar-refractivity contribution in [2.24, 2.45) is 0 Å². The Bertz CT molecular complexity index is 1780. The first-order chi connectivity index (χ1) is 20.3. The van der Waals surface area contributed by atoms with Crippen LogP contribution in [0.4, 0.5) is 0 Å². The molecule has 5 heteroatoms. The lowest BCUT2D eigenvalue weighted by atomic mass is 9.83. The molecule has 1 fully saturated rings. The van der Waals surface area contributed by atoms with Gasteiger partial charge in [0.1, 0.15) is 11.5 Å². The average Bonchev–Trinajstić information content (AvgIpc) is 3.04. The predicted molar refractivity (Wildman–Crippen MR) is 168 cm³/mol. The molecule has 6 aromatic rings. The summed E-state index contributed by atoms with van der Waals surface area (Å²) in [4.78, 5) is 0. The number of fused-ring (bicyclic) bond motifs is 13. The van der Waals surface area contributed by atoms with Gasteiger partial charge in [0.05, 0.1) is 13.2 Å². The van der Waals surface area contributed by atoms with Crippen LogP contribution in [0.25, 0.3) is 54.9 Å². The standard InChI is InChI=1S/C36H28NO3P/c1-3-13-31-25(7-1)15-17-33-27-9-5-11-29(23-27)39-41(37-19-21-38-22-20-37)40-30-12-6-10-28(24-30)34-18-16-26-8-2-4-14-32(26)36(34)35(31)33/h1-18,23-24H,19-22H2. The van der Waals surface area contributed by atoms with E-state index in [1.54, 1.807) is 0 Å². The lowest BCUT2D eigenvalue weighted by molar-refractivity contribution is 0.0685. The SMILES string of the molecule is c1cc2cc(c1)-c1ccc3ccccc3c1-c1c(ccc3ccccc13)-c1cccc(c1)OP(N1CCOCC1)O2. The number of rotatable bonds is 1. The second kappa shape index (κ2) is 10.3. The number of ether oxygens (including phenoxy) is 1. The van der Waals surface area contributed by atoms with E-state index in [0.717, 1.165) is 35.7 Å². The van der Waals surface area contributed by atoms with E-state index in [-0.39, 0.29) is 0 Å². The Morgan fingerprint density at radius 3 is 1.56 bits per heavy atom. The van der Waals surface area contributed by atoms with Gasteiger partial charge in [-0.05, 0) is 79.2 Å². The molecule has 0 aliphatic carbocycles. The number of benzene rings is 6. The highest BCUT2D eigenvalue weighted by atomic mass is 31.2. The summed E-state index contributed by atoms with van der Waals surface area (Å²) in [5.74, 6) is 1.60. The van der Waals surface area contributed by atoms with Crippen molar-refractivity contribution in [1.82, 2.24) is 4.67 Å². The van der Waals surface area contributed by atoms with E-state index in [1.165, 1.54) is 43.8 Å². The zero-order valence-corrected chi connectivity index (χ0v) is 23.4. The fourth-order valence-electron chi connectivity index (χ4n) is 6.04. The second-order valence-electron chi connectivity index (χ2n) is 10.5. The molecule has 4 nitrogen and oxygen atoms in total. The summed E-state index contributed by atoms with van der Waals surface area (Å²) in [5, 5.41) is 4.89. The van der Waals surface area contributed by atoms with Crippen LogP contribution in [0.3, 0.4) is 0 Å². The number of hydrogen-bond donors (Lipinski definition) is 0. The first-order valence-electron chi connectivity index (χ1n) is 14.1. The Morgan fingerprint density at radius 2 is 1.02 bits per heavy atom. The van der Waals surface area contributed by atoms with Crippen LogP contribution in [-0.4, -0.2) is 31.0 Å². The molecule has 0 aromatic heterocycles. The molecule has 6 aromatic carbocycles. The highest BCUT2D eigenvalue weighted by Crippen LogP contribution is 2.49. The highest BCUT2D eigenvalue weighted by molar-refractivity contribution is 7.45. The van der Waals surface area contributed by atoms with E-state index in [4.69, 9.17) is 13.8 Å². The molecule has 2 heterocycles. The molecular formula is C36H28NO3P. The van der Waals surface area contributed by atoms with Gasteiger partial charge in [0, 0.05) is 13.1 Å². The summed E-state index contributed by atoms with van der Waals surface area (Å²) in [7, 11) is -1.38. The van der Waals surface area contributed by atoms with Crippen LogP contribution in [0.15, 0.2) is 121 Å². The molecule has 0 unspecified atom stereocenters. The number of nitrogens with zero attached hydrogens (tertiary/aromatic N) is 1. The summed E-state index contributed by atoms with van der Waals surface area (Å²) >= 11 is 0. The van der Waals surface area contributed by atoms with Gasteiger partial charge in [0.25, 0.3) is 0 Å². The van der Waals surface area contributed by atoms with Gasteiger partial charge in [-0.25, -0.2) is 4.67 Å². The van der Waals surface area contributed by atoms with E-state index in [2.05, 4.69) is 114 Å². The average molecular weight is 554 g/mol. The molecule has 0 spiro atoms. The Morgan fingerprint density at radius 1 is 0.512 bits per heavy atom. The maximum atomic E-state index is 6.67. The smallest absolute Gasteiger partial charge is 0.384 e. The number of hydrogen-bond acceptors (Lipinski definition) is 4. The van der Waals surface area contributed by atoms with E-state index in [0.29, 0.717) is 13.2 Å².